The first-order chi connectivity index (χ1) is 11.1. The van der Waals surface area contributed by atoms with Gasteiger partial charge in [-0.15, -0.1) is 0 Å². The normalized spacial score (nSPS) is 19.1. The minimum absolute atomic E-state index is 0.0751. The zero-order chi connectivity index (χ0) is 18.5. The Labute approximate surface area is 144 Å². The predicted octanol–water partition coefficient (Wildman–Crippen LogP) is 2.67. The molecule has 2 N–H and O–H groups in total. The fourth-order valence-electron chi connectivity index (χ4n) is 2.45. The number of carbonyl (C=O) groups is 2. The molecule has 0 aliphatic carbocycles. The zero-order valence-electron chi connectivity index (χ0n) is 15.7. The van der Waals surface area contributed by atoms with Crippen molar-refractivity contribution in [3.8, 4) is 0 Å². The minimum Gasteiger partial charge on any atom is -0.464 e. The summed E-state index contributed by atoms with van der Waals surface area (Å²) in [6, 6.07) is -0.353. The summed E-state index contributed by atoms with van der Waals surface area (Å²) in [5.41, 5.74) is 3.69. The van der Waals surface area contributed by atoms with E-state index in [4.69, 9.17) is 14.3 Å². The number of ether oxygens (including phenoxy) is 2. The SMILES string of the molecule is CCOC(=O)C1ONC([C@@H](NC(=O)OC(C)(C)C)C(C)C)=C1CC. The van der Waals surface area contributed by atoms with Crippen LogP contribution in [0.5, 0.6) is 0 Å². The Morgan fingerprint density at radius 3 is 2.38 bits per heavy atom. The molecule has 1 aliphatic heterocycles. The summed E-state index contributed by atoms with van der Waals surface area (Å²) in [4.78, 5) is 29.6. The van der Waals surface area contributed by atoms with E-state index in [1.807, 2.05) is 20.8 Å². The molecule has 0 aromatic heterocycles. The van der Waals surface area contributed by atoms with Gasteiger partial charge in [0.1, 0.15) is 5.60 Å². The molecule has 1 heterocycles. The van der Waals surface area contributed by atoms with Crippen molar-refractivity contribution in [1.82, 2.24) is 10.8 Å². The van der Waals surface area contributed by atoms with E-state index in [1.165, 1.54) is 0 Å². The van der Waals surface area contributed by atoms with E-state index < -0.39 is 23.8 Å². The van der Waals surface area contributed by atoms with Crippen molar-refractivity contribution in [2.24, 2.45) is 5.92 Å². The Hall–Kier alpha value is -1.76. The second-order valence-corrected chi connectivity index (χ2v) is 7.01. The molecule has 0 saturated carbocycles. The standard InChI is InChI=1S/C17H30N2O5/c1-8-11-13(19-24-14(11)15(20)22-9-2)12(10(3)4)18-16(21)23-17(5,6)7/h10,12,14,19H,8-9H2,1-7H3,(H,18,21)/t12-,14?/m0/s1. The van der Waals surface area contributed by atoms with Crippen LogP contribution in [0.1, 0.15) is 54.9 Å². The summed E-state index contributed by atoms with van der Waals surface area (Å²) in [6.07, 6.45) is -0.692. The summed E-state index contributed by atoms with van der Waals surface area (Å²) >= 11 is 0. The Morgan fingerprint density at radius 2 is 1.92 bits per heavy atom. The third-order valence-corrected chi connectivity index (χ3v) is 3.48. The van der Waals surface area contributed by atoms with Crippen molar-refractivity contribution >= 4 is 12.1 Å². The molecule has 24 heavy (non-hydrogen) atoms. The number of carbonyl (C=O) groups excluding carboxylic acids is 2. The number of hydrogen-bond acceptors (Lipinski definition) is 6. The Bertz CT molecular complexity index is 494. The van der Waals surface area contributed by atoms with Gasteiger partial charge >= 0.3 is 12.1 Å². The van der Waals surface area contributed by atoms with Gasteiger partial charge in [-0.25, -0.2) is 9.59 Å². The van der Waals surface area contributed by atoms with E-state index in [0.717, 1.165) is 5.57 Å². The molecule has 1 rings (SSSR count). The van der Waals surface area contributed by atoms with Crippen LogP contribution in [0.15, 0.2) is 11.3 Å². The summed E-state index contributed by atoms with van der Waals surface area (Å²) < 4.78 is 10.4. The van der Waals surface area contributed by atoms with Gasteiger partial charge in [-0.1, -0.05) is 20.8 Å². The third-order valence-electron chi connectivity index (χ3n) is 3.48. The van der Waals surface area contributed by atoms with Crippen LogP contribution in [0.25, 0.3) is 0 Å². The van der Waals surface area contributed by atoms with E-state index >= 15 is 0 Å². The highest BCUT2D eigenvalue weighted by atomic mass is 16.7. The number of rotatable bonds is 6. The molecular formula is C17H30N2O5. The highest BCUT2D eigenvalue weighted by Crippen LogP contribution is 2.27. The summed E-state index contributed by atoms with van der Waals surface area (Å²) in [5.74, 6) is -0.359. The fraction of sp³-hybridized carbons (Fsp3) is 0.765. The highest BCUT2D eigenvalue weighted by Gasteiger charge is 2.37. The van der Waals surface area contributed by atoms with Gasteiger partial charge in [-0.05, 0) is 45.6 Å². The fourth-order valence-corrected chi connectivity index (χ4v) is 2.45. The van der Waals surface area contributed by atoms with Crippen LogP contribution in [0.4, 0.5) is 4.79 Å². The molecule has 0 bridgehead atoms. The quantitative estimate of drug-likeness (QED) is 0.722. The van der Waals surface area contributed by atoms with Crippen molar-refractivity contribution in [3.05, 3.63) is 11.3 Å². The number of amides is 1. The number of nitrogens with one attached hydrogen (secondary N) is 2. The molecule has 0 spiro atoms. The lowest BCUT2D eigenvalue weighted by Crippen LogP contribution is -2.45. The van der Waals surface area contributed by atoms with Crippen LogP contribution in [0.2, 0.25) is 0 Å². The van der Waals surface area contributed by atoms with E-state index in [1.54, 1.807) is 27.7 Å². The predicted molar refractivity (Wildman–Crippen MR) is 90.0 cm³/mol. The topological polar surface area (TPSA) is 85.9 Å². The van der Waals surface area contributed by atoms with Gasteiger partial charge in [-0.3, -0.25) is 10.3 Å². The van der Waals surface area contributed by atoms with Crippen molar-refractivity contribution < 1.29 is 23.9 Å². The second-order valence-electron chi connectivity index (χ2n) is 7.01. The maximum absolute atomic E-state index is 12.1. The van der Waals surface area contributed by atoms with Crippen molar-refractivity contribution in [2.45, 2.75) is 72.6 Å². The van der Waals surface area contributed by atoms with Crippen molar-refractivity contribution in [3.63, 3.8) is 0 Å². The lowest BCUT2D eigenvalue weighted by atomic mass is 9.95. The molecule has 1 amide bonds. The van der Waals surface area contributed by atoms with Crippen LogP contribution in [0, 0.1) is 5.92 Å². The second kappa shape index (κ2) is 8.37. The van der Waals surface area contributed by atoms with Gasteiger partial charge in [0, 0.05) is 0 Å². The van der Waals surface area contributed by atoms with E-state index in [9.17, 15) is 9.59 Å². The maximum Gasteiger partial charge on any atom is 0.408 e. The molecule has 1 aliphatic rings. The third kappa shape index (κ3) is 5.40. The van der Waals surface area contributed by atoms with Crippen LogP contribution in [-0.2, 0) is 19.1 Å². The molecule has 1 unspecified atom stereocenters. The molecule has 0 fully saturated rings. The van der Waals surface area contributed by atoms with Crippen molar-refractivity contribution in [2.75, 3.05) is 6.61 Å². The molecular weight excluding hydrogens is 312 g/mol. The average molecular weight is 342 g/mol. The molecule has 0 aromatic rings. The Morgan fingerprint density at radius 1 is 1.29 bits per heavy atom. The Kier molecular flexibility index (Phi) is 7.08. The van der Waals surface area contributed by atoms with E-state index in [-0.39, 0.29) is 18.6 Å². The molecule has 0 aromatic carbocycles. The molecule has 2 atom stereocenters. The average Bonchev–Trinajstić information content (AvgIpc) is 2.86. The lowest BCUT2D eigenvalue weighted by Gasteiger charge is -2.27. The highest BCUT2D eigenvalue weighted by molar-refractivity contribution is 5.79. The van der Waals surface area contributed by atoms with Gasteiger partial charge < -0.3 is 14.8 Å². The van der Waals surface area contributed by atoms with E-state index in [0.29, 0.717) is 12.1 Å². The zero-order valence-corrected chi connectivity index (χ0v) is 15.7. The first-order valence-electron chi connectivity index (χ1n) is 8.41. The molecule has 7 nitrogen and oxygen atoms in total. The monoisotopic (exact) mass is 342 g/mol. The molecule has 0 radical (unpaired) electrons. The number of hydrogen-bond donors (Lipinski definition) is 2. The summed E-state index contributed by atoms with van der Waals surface area (Å²) in [7, 11) is 0. The van der Waals surface area contributed by atoms with Crippen LogP contribution in [0.3, 0.4) is 0 Å². The lowest BCUT2D eigenvalue weighted by molar-refractivity contribution is -0.155. The van der Waals surface area contributed by atoms with Gasteiger partial charge in [0.25, 0.3) is 0 Å². The maximum atomic E-state index is 12.1. The van der Waals surface area contributed by atoms with Crippen LogP contribution >= 0.6 is 0 Å². The first-order valence-corrected chi connectivity index (χ1v) is 8.41. The first kappa shape index (κ1) is 20.3. The minimum atomic E-state index is -0.786. The summed E-state index contributed by atoms with van der Waals surface area (Å²) in [5, 5.41) is 2.86. The van der Waals surface area contributed by atoms with E-state index in [2.05, 4.69) is 10.8 Å². The van der Waals surface area contributed by atoms with Gasteiger partial charge in [0.05, 0.1) is 18.3 Å². The number of esters is 1. The summed E-state index contributed by atoms with van der Waals surface area (Å²) in [6.45, 7) is 13.3. The van der Waals surface area contributed by atoms with Crippen LogP contribution < -0.4 is 10.8 Å². The molecule has 138 valence electrons. The van der Waals surface area contributed by atoms with Gasteiger partial charge in [0.15, 0.2) is 0 Å². The molecule has 0 saturated heterocycles. The Balaban J connectivity index is 2.99. The van der Waals surface area contributed by atoms with Gasteiger partial charge in [-0.2, -0.15) is 0 Å². The number of hydroxylamine groups is 1. The van der Waals surface area contributed by atoms with Crippen molar-refractivity contribution in [1.29, 1.82) is 0 Å². The van der Waals surface area contributed by atoms with Crippen LogP contribution in [-0.4, -0.2) is 36.4 Å². The smallest absolute Gasteiger partial charge is 0.408 e. The number of alkyl carbamates (subject to hydrolysis) is 1. The largest absolute Gasteiger partial charge is 0.464 e. The molecule has 7 heteroatoms. The van der Waals surface area contributed by atoms with Gasteiger partial charge in [0.2, 0.25) is 6.10 Å².